The van der Waals surface area contributed by atoms with E-state index >= 15 is 0 Å². The topological polar surface area (TPSA) is 38.7 Å². The zero-order chi connectivity index (χ0) is 43.2. The van der Waals surface area contributed by atoms with Gasteiger partial charge in [-0.2, -0.15) is 0 Å². The van der Waals surface area contributed by atoms with Gasteiger partial charge >= 0.3 is 0 Å². The highest BCUT2D eigenvalue weighted by molar-refractivity contribution is 7.26. The average molecular weight is 866 g/mol. The van der Waals surface area contributed by atoms with Crippen molar-refractivity contribution in [2.45, 2.75) is 19.3 Å². The Morgan fingerprint density at radius 1 is 0.308 bits per heavy atom. The molecule has 0 bridgehead atoms. The Morgan fingerprint density at radius 3 is 1.38 bits per heavy atom. The predicted octanol–water partition coefficient (Wildman–Crippen LogP) is 16.9. The molecule has 9 aromatic carbocycles. The van der Waals surface area contributed by atoms with Gasteiger partial charge in [-0.15, -0.1) is 22.7 Å². The molecular weight excluding hydrogens is 827 g/mol. The number of hydrogen-bond acceptors (Lipinski definition) is 5. The Kier molecular flexibility index (Phi) is 8.61. The van der Waals surface area contributed by atoms with E-state index < -0.39 is 0 Å². The molecule has 0 saturated heterocycles. The van der Waals surface area contributed by atoms with Crippen molar-refractivity contribution in [2.75, 3.05) is 0 Å². The Balaban J connectivity index is 0.981. The maximum atomic E-state index is 5.34. The van der Waals surface area contributed by atoms with Gasteiger partial charge in [0.25, 0.3) is 0 Å². The number of aromatic nitrogens is 3. The molecule has 0 saturated carbocycles. The van der Waals surface area contributed by atoms with Crippen LogP contribution in [0, 0.1) is 0 Å². The molecule has 0 atom stereocenters. The van der Waals surface area contributed by atoms with Gasteiger partial charge < -0.3 is 0 Å². The summed E-state index contributed by atoms with van der Waals surface area (Å²) in [5.41, 5.74) is 15.2. The molecule has 1 aliphatic carbocycles. The fourth-order valence-electron chi connectivity index (χ4n) is 10.1. The Bertz CT molecular complexity index is 3730. The van der Waals surface area contributed by atoms with E-state index in [0.717, 1.165) is 33.4 Å². The molecule has 3 nitrogen and oxygen atoms in total. The van der Waals surface area contributed by atoms with Crippen molar-refractivity contribution in [1.29, 1.82) is 0 Å². The van der Waals surface area contributed by atoms with E-state index in [1.165, 1.54) is 79.3 Å². The van der Waals surface area contributed by atoms with Crippen LogP contribution in [-0.4, -0.2) is 15.0 Å². The summed E-state index contributed by atoms with van der Waals surface area (Å²) in [6.07, 6.45) is 0. The quantitative estimate of drug-likeness (QED) is 0.167. The second kappa shape index (κ2) is 14.7. The number of hydrogen-bond donors (Lipinski definition) is 0. The number of thiophene rings is 2. The molecule has 0 fully saturated rings. The van der Waals surface area contributed by atoms with Gasteiger partial charge in [-0.1, -0.05) is 178 Å². The van der Waals surface area contributed by atoms with Crippen LogP contribution in [0.2, 0.25) is 0 Å². The summed E-state index contributed by atoms with van der Waals surface area (Å²) in [7, 11) is 0. The van der Waals surface area contributed by atoms with Crippen LogP contribution in [0.1, 0.15) is 25.0 Å². The summed E-state index contributed by atoms with van der Waals surface area (Å²) in [4.78, 5) is 15.8. The lowest BCUT2D eigenvalue weighted by Crippen LogP contribution is -2.14. The first-order valence-corrected chi connectivity index (χ1v) is 23.7. The maximum Gasteiger partial charge on any atom is 0.164 e. The van der Waals surface area contributed by atoms with Gasteiger partial charge in [-0.25, -0.2) is 15.0 Å². The number of nitrogens with zero attached hydrogens (tertiary/aromatic N) is 3. The highest BCUT2D eigenvalue weighted by Gasteiger charge is 2.35. The van der Waals surface area contributed by atoms with Crippen LogP contribution in [0.15, 0.2) is 200 Å². The SMILES string of the molecule is CC1(C)c2ccccc2-c2ccc(-c3ccc(-c4nc(-c5ccccc5)nc(-c5cc(-c6cccc7c6sc6ccccc67)cc(-c6cccc7c6sc6ccccc67)c5)n4)cc3)cc21. The van der Waals surface area contributed by atoms with Gasteiger partial charge in [0.2, 0.25) is 0 Å². The van der Waals surface area contributed by atoms with Crippen LogP contribution in [-0.2, 0) is 5.41 Å². The van der Waals surface area contributed by atoms with E-state index in [1.807, 2.05) is 40.9 Å². The largest absolute Gasteiger partial charge is 0.208 e. The summed E-state index contributed by atoms with van der Waals surface area (Å²) < 4.78 is 5.12. The maximum absolute atomic E-state index is 5.34. The Labute approximate surface area is 385 Å². The summed E-state index contributed by atoms with van der Waals surface area (Å²) in [5, 5.41) is 5.11. The van der Waals surface area contributed by atoms with Crippen LogP contribution in [0.5, 0.6) is 0 Å². The van der Waals surface area contributed by atoms with Gasteiger partial charge in [0.15, 0.2) is 17.5 Å². The third-order valence-corrected chi connectivity index (χ3v) is 15.8. The Hall–Kier alpha value is -7.57. The van der Waals surface area contributed by atoms with Gasteiger partial charge in [-0.3, -0.25) is 0 Å². The van der Waals surface area contributed by atoms with Crippen LogP contribution in [0.25, 0.3) is 119 Å². The average Bonchev–Trinajstić information content (AvgIpc) is 4.01. The molecule has 12 aromatic rings. The van der Waals surface area contributed by atoms with E-state index in [2.05, 4.69) is 196 Å². The van der Waals surface area contributed by atoms with Gasteiger partial charge in [0, 0.05) is 62.4 Å². The van der Waals surface area contributed by atoms with Crippen LogP contribution in [0.4, 0.5) is 0 Å². The normalized spacial score (nSPS) is 12.9. The van der Waals surface area contributed by atoms with Crippen molar-refractivity contribution in [3.05, 3.63) is 211 Å². The third-order valence-electron chi connectivity index (χ3n) is 13.3. The minimum Gasteiger partial charge on any atom is -0.208 e. The number of rotatable bonds is 6. The molecule has 0 amide bonds. The standard InChI is InChI=1S/C60H39N3S2/c1-60(2)51-23-9-6-16-45(51)46-31-30-39(35-52(46)60)36-26-28-38(29-27-36)58-61-57(37-14-4-3-5-15-37)62-59(63-58)42-33-40(43-19-12-21-49-47-17-7-10-24-53(47)64-55(43)49)32-41(34-42)44-20-13-22-50-48-18-8-11-25-54(48)65-56(44)50/h3-35H,1-2H3. The summed E-state index contributed by atoms with van der Waals surface area (Å²) >= 11 is 3.71. The van der Waals surface area contributed by atoms with Crippen molar-refractivity contribution < 1.29 is 0 Å². The molecular formula is C60H39N3S2. The first-order chi connectivity index (χ1) is 31.9. The summed E-state index contributed by atoms with van der Waals surface area (Å²) in [6.45, 7) is 4.67. The minimum atomic E-state index is -0.0665. The van der Waals surface area contributed by atoms with Crippen LogP contribution < -0.4 is 0 Å². The van der Waals surface area contributed by atoms with Gasteiger partial charge in [-0.05, 0) is 92.0 Å². The van der Waals surface area contributed by atoms with Crippen molar-refractivity contribution in [3.63, 3.8) is 0 Å². The molecule has 3 heterocycles. The zero-order valence-electron chi connectivity index (χ0n) is 35.7. The lowest BCUT2D eigenvalue weighted by Gasteiger charge is -2.22. The van der Waals surface area contributed by atoms with Gasteiger partial charge in [0.1, 0.15) is 0 Å². The first kappa shape index (κ1) is 37.9. The van der Waals surface area contributed by atoms with E-state index in [1.54, 1.807) is 0 Å². The molecule has 3 aromatic heterocycles. The lowest BCUT2D eigenvalue weighted by atomic mass is 9.81. The van der Waals surface area contributed by atoms with Gasteiger partial charge in [0.05, 0.1) is 0 Å². The predicted molar refractivity (Wildman–Crippen MR) is 276 cm³/mol. The van der Waals surface area contributed by atoms with E-state index in [9.17, 15) is 0 Å². The molecule has 0 aliphatic heterocycles. The van der Waals surface area contributed by atoms with Crippen molar-refractivity contribution >= 4 is 63.0 Å². The van der Waals surface area contributed by atoms with Crippen molar-refractivity contribution in [3.8, 4) is 78.7 Å². The summed E-state index contributed by atoms with van der Waals surface area (Å²) in [5.74, 6) is 1.91. The highest BCUT2D eigenvalue weighted by atomic mass is 32.1. The van der Waals surface area contributed by atoms with Crippen LogP contribution in [0.3, 0.4) is 0 Å². The number of fused-ring (bicyclic) bond motifs is 9. The molecule has 0 unspecified atom stereocenters. The first-order valence-electron chi connectivity index (χ1n) is 22.1. The molecule has 306 valence electrons. The second-order valence-electron chi connectivity index (χ2n) is 17.5. The zero-order valence-corrected chi connectivity index (χ0v) is 37.3. The monoisotopic (exact) mass is 865 g/mol. The second-order valence-corrected chi connectivity index (χ2v) is 19.6. The van der Waals surface area contributed by atoms with Crippen molar-refractivity contribution in [1.82, 2.24) is 15.0 Å². The molecule has 0 spiro atoms. The molecule has 0 radical (unpaired) electrons. The molecule has 1 aliphatic rings. The molecule has 5 heteroatoms. The Morgan fingerprint density at radius 2 is 0.754 bits per heavy atom. The highest BCUT2D eigenvalue weighted by Crippen LogP contribution is 2.50. The van der Waals surface area contributed by atoms with E-state index in [4.69, 9.17) is 15.0 Å². The summed E-state index contributed by atoms with van der Waals surface area (Å²) in [6, 6.07) is 72.5. The molecule has 13 rings (SSSR count). The van der Waals surface area contributed by atoms with E-state index in [-0.39, 0.29) is 5.41 Å². The van der Waals surface area contributed by atoms with Crippen LogP contribution >= 0.6 is 22.7 Å². The van der Waals surface area contributed by atoms with E-state index in [0.29, 0.717) is 17.5 Å². The fraction of sp³-hybridized carbons (Fsp3) is 0.0500. The lowest BCUT2D eigenvalue weighted by molar-refractivity contribution is 0.660. The smallest absolute Gasteiger partial charge is 0.164 e. The molecule has 65 heavy (non-hydrogen) atoms. The third kappa shape index (κ3) is 6.18. The minimum absolute atomic E-state index is 0.0665. The fourth-order valence-corrected chi connectivity index (χ4v) is 12.5. The van der Waals surface area contributed by atoms with Crippen molar-refractivity contribution in [2.24, 2.45) is 0 Å². The molecule has 0 N–H and O–H groups in total. The number of benzene rings is 9.